The van der Waals surface area contributed by atoms with E-state index < -0.39 is 0 Å². The Kier molecular flexibility index (Phi) is 7.20. The summed E-state index contributed by atoms with van der Waals surface area (Å²) in [5, 5.41) is 3.95. The van der Waals surface area contributed by atoms with Crippen molar-refractivity contribution in [1.82, 2.24) is 10.2 Å². The Balaban J connectivity index is 1.25. The number of nitrogens with one attached hydrogen (secondary N) is 1. The maximum Gasteiger partial charge on any atom is 0.227 e. The summed E-state index contributed by atoms with van der Waals surface area (Å²) in [6, 6.07) is 16.1. The predicted octanol–water partition coefficient (Wildman–Crippen LogP) is 4.20. The standard InChI is InChI=1S/C24H28ClN3O2S/c1-31-22-8-6-21(7-9-22)28-16-18(14-23(28)29)24(30)26-20-10-12-27(13-11-20)15-17-2-4-19(25)5-3-17/h2-9,18,20H,10-16H2,1H3,(H,26,30). The van der Waals surface area contributed by atoms with Gasteiger partial charge in [-0.3, -0.25) is 14.5 Å². The van der Waals surface area contributed by atoms with Gasteiger partial charge in [-0.2, -0.15) is 0 Å². The van der Waals surface area contributed by atoms with Crippen LogP contribution in [-0.4, -0.2) is 48.6 Å². The smallest absolute Gasteiger partial charge is 0.227 e. The van der Waals surface area contributed by atoms with E-state index in [9.17, 15) is 9.59 Å². The van der Waals surface area contributed by atoms with Crippen molar-refractivity contribution in [2.24, 2.45) is 5.92 Å². The largest absolute Gasteiger partial charge is 0.353 e. The van der Waals surface area contributed by atoms with Crippen LogP contribution >= 0.6 is 23.4 Å². The summed E-state index contributed by atoms with van der Waals surface area (Å²) in [6.07, 6.45) is 4.17. The van der Waals surface area contributed by atoms with Crippen LogP contribution in [0.15, 0.2) is 53.4 Å². The quantitative estimate of drug-likeness (QED) is 0.660. The average molecular weight is 458 g/mol. The fourth-order valence-electron chi connectivity index (χ4n) is 4.30. The molecule has 1 unspecified atom stereocenters. The molecule has 1 N–H and O–H groups in total. The van der Waals surface area contributed by atoms with Gasteiger partial charge in [0.15, 0.2) is 0 Å². The van der Waals surface area contributed by atoms with Gasteiger partial charge in [0.05, 0.1) is 5.92 Å². The van der Waals surface area contributed by atoms with E-state index in [1.54, 1.807) is 16.7 Å². The highest BCUT2D eigenvalue weighted by atomic mass is 35.5. The molecule has 164 valence electrons. The van der Waals surface area contributed by atoms with E-state index in [0.29, 0.717) is 6.54 Å². The molecule has 2 fully saturated rings. The number of carbonyl (C=O) groups excluding carboxylic acids is 2. The van der Waals surface area contributed by atoms with Crippen molar-refractivity contribution in [2.75, 3.05) is 30.8 Å². The molecule has 0 saturated carbocycles. The fraction of sp³-hybridized carbons (Fsp3) is 0.417. The number of carbonyl (C=O) groups is 2. The number of rotatable bonds is 6. The number of nitrogens with zero attached hydrogens (tertiary/aromatic N) is 2. The summed E-state index contributed by atoms with van der Waals surface area (Å²) in [5.41, 5.74) is 2.12. The van der Waals surface area contributed by atoms with Crippen LogP contribution in [0.3, 0.4) is 0 Å². The first kappa shape index (κ1) is 22.2. The zero-order valence-corrected chi connectivity index (χ0v) is 19.3. The zero-order chi connectivity index (χ0) is 21.8. The highest BCUT2D eigenvalue weighted by Gasteiger charge is 2.36. The number of benzene rings is 2. The van der Waals surface area contributed by atoms with E-state index in [1.807, 2.05) is 42.7 Å². The Labute approximate surface area is 193 Å². The monoisotopic (exact) mass is 457 g/mol. The van der Waals surface area contributed by atoms with Crippen LogP contribution in [-0.2, 0) is 16.1 Å². The molecule has 2 heterocycles. The van der Waals surface area contributed by atoms with Crippen molar-refractivity contribution in [3.05, 3.63) is 59.1 Å². The minimum absolute atomic E-state index is 0.00716. The average Bonchev–Trinajstić information content (AvgIpc) is 3.18. The first-order valence-corrected chi connectivity index (χ1v) is 12.3. The Morgan fingerprint density at radius 2 is 1.77 bits per heavy atom. The van der Waals surface area contributed by atoms with E-state index in [-0.39, 0.29) is 30.2 Å². The lowest BCUT2D eigenvalue weighted by atomic mass is 10.0. The van der Waals surface area contributed by atoms with Crippen molar-refractivity contribution in [3.63, 3.8) is 0 Å². The lowest BCUT2D eigenvalue weighted by molar-refractivity contribution is -0.127. The number of amides is 2. The predicted molar refractivity (Wildman–Crippen MR) is 127 cm³/mol. The van der Waals surface area contributed by atoms with Crippen LogP contribution in [0, 0.1) is 5.92 Å². The van der Waals surface area contributed by atoms with Gasteiger partial charge in [0, 0.05) is 54.2 Å². The molecular weight excluding hydrogens is 430 g/mol. The lowest BCUT2D eigenvalue weighted by Crippen LogP contribution is -2.46. The number of likely N-dealkylation sites (tertiary alicyclic amines) is 1. The molecule has 2 aliphatic heterocycles. The maximum atomic E-state index is 12.8. The number of anilines is 1. The van der Waals surface area contributed by atoms with Crippen molar-refractivity contribution < 1.29 is 9.59 Å². The summed E-state index contributed by atoms with van der Waals surface area (Å²) in [5.74, 6) is -0.248. The molecule has 1 atom stereocenters. The number of thioether (sulfide) groups is 1. The number of hydrogen-bond acceptors (Lipinski definition) is 4. The lowest BCUT2D eigenvalue weighted by Gasteiger charge is -2.32. The minimum atomic E-state index is -0.278. The first-order chi connectivity index (χ1) is 15.0. The second-order valence-corrected chi connectivity index (χ2v) is 9.60. The van der Waals surface area contributed by atoms with E-state index in [0.717, 1.165) is 48.1 Å². The summed E-state index contributed by atoms with van der Waals surface area (Å²) in [7, 11) is 0. The van der Waals surface area contributed by atoms with Gasteiger partial charge in [0.25, 0.3) is 0 Å². The molecule has 0 aromatic heterocycles. The van der Waals surface area contributed by atoms with Gasteiger partial charge in [-0.25, -0.2) is 0 Å². The van der Waals surface area contributed by atoms with Crippen LogP contribution in [0.5, 0.6) is 0 Å². The van der Waals surface area contributed by atoms with Crippen LogP contribution in [0.1, 0.15) is 24.8 Å². The van der Waals surface area contributed by atoms with Gasteiger partial charge < -0.3 is 10.2 Å². The molecule has 0 bridgehead atoms. The van der Waals surface area contributed by atoms with Crippen LogP contribution in [0.25, 0.3) is 0 Å². The van der Waals surface area contributed by atoms with Gasteiger partial charge in [-0.15, -0.1) is 11.8 Å². The Morgan fingerprint density at radius 1 is 1.10 bits per heavy atom. The highest BCUT2D eigenvalue weighted by molar-refractivity contribution is 7.98. The Hall–Kier alpha value is -2.02. The molecule has 2 aromatic rings. The van der Waals surface area contributed by atoms with E-state index in [2.05, 4.69) is 22.3 Å². The van der Waals surface area contributed by atoms with E-state index in [4.69, 9.17) is 11.6 Å². The van der Waals surface area contributed by atoms with E-state index in [1.165, 1.54) is 5.56 Å². The molecule has 0 spiro atoms. The second kappa shape index (κ2) is 10.1. The number of piperidine rings is 1. The normalized spacial score (nSPS) is 20.3. The fourth-order valence-corrected chi connectivity index (χ4v) is 4.83. The van der Waals surface area contributed by atoms with Gasteiger partial charge in [0.2, 0.25) is 11.8 Å². The summed E-state index contributed by atoms with van der Waals surface area (Å²) in [4.78, 5) is 30.6. The van der Waals surface area contributed by atoms with Gasteiger partial charge in [-0.1, -0.05) is 23.7 Å². The summed E-state index contributed by atoms with van der Waals surface area (Å²) >= 11 is 7.63. The molecule has 2 aliphatic rings. The third-order valence-electron chi connectivity index (χ3n) is 6.13. The van der Waals surface area contributed by atoms with E-state index >= 15 is 0 Å². The van der Waals surface area contributed by atoms with Crippen LogP contribution < -0.4 is 10.2 Å². The second-order valence-electron chi connectivity index (χ2n) is 8.29. The van der Waals surface area contributed by atoms with Crippen LogP contribution in [0.2, 0.25) is 5.02 Å². The molecule has 2 aromatic carbocycles. The van der Waals surface area contributed by atoms with Gasteiger partial charge in [0.1, 0.15) is 0 Å². The maximum absolute atomic E-state index is 12.8. The summed E-state index contributed by atoms with van der Waals surface area (Å²) < 4.78 is 0. The topological polar surface area (TPSA) is 52.7 Å². The molecule has 0 radical (unpaired) electrons. The molecule has 31 heavy (non-hydrogen) atoms. The molecule has 2 amide bonds. The Morgan fingerprint density at radius 3 is 2.42 bits per heavy atom. The third-order valence-corrected chi connectivity index (χ3v) is 7.13. The third kappa shape index (κ3) is 5.62. The van der Waals surface area contributed by atoms with Crippen molar-refractivity contribution >= 4 is 40.9 Å². The van der Waals surface area contributed by atoms with Crippen molar-refractivity contribution in [2.45, 2.75) is 36.7 Å². The summed E-state index contributed by atoms with van der Waals surface area (Å²) in [6.45, 7) is 3.26. The van der Waals surface area contributed by atoms with Crippen molar-refractivity contribution in [3.8, 4) is 0 Å². The molecule has 4 rings (SSSR count). The molecule has 0 aliphatic carbocycles. The number of hydrogen-bond donors (Lipinski definition) is 1. The Bertz CT molecular complexity index is 911. The SMILES string of the molecule is CSc1ccc(N2CC(C(=O)NC3CCN(Cc4ccc(Cl)cc4)CC3)CC2=O)cc1. The molecular formula is C24H28ClN3O2S. The zero-order valence-electron chi connectivity index (χ0n) is 17.7. The van der Waals surface area contributed by atoms with Gasteiger partial charge >= 0.3 is 0 Å². The number of halogens is 1. The minimum Gasteiger partial charge on any atom is -0.353 e. The van der Waals surface area contributed by atoms with Crippen molar-refractivity contribution in [1.29, 1.82) is 0 Å². The van der Waals surface area contributed by atoms with Gasteiger partial charge in [-0.05, 0) is 61.1 Å². The molecule has 7 heteroatoms. The molecule has 2 saturated heterocycles. The molecule has 5 nitrogen and oxygen atoms in total. The highest BCUT2D eigenvalue weighted by Crippen LogP contribution is 2.27. The van der Waals surface area contributed by atoms with Crippen LogP contribution in [0.4, 0.5) is 5.69 Å². The first-order valence-electron chi connectivity index (χ1n) is 10.7.